The first-order valence-electron chi connectivity index (χ1n) is 6.42. The van der Waals surface area contributed by atoms with Gasteiger partial charge in [0.2, 0.25) is 0 Å². The minimum atomic E-state index is -0.638. The van der Waals surface area contributed by atoms with E-state index in [4.69, 9.17) is 10.5 Å². The molecule has 0 radical (unpaired) electrons. The number of nitrogens with two attached hydrogens (primary N) is 1. The molecule has 1 aromatic carbocycles. The summed E-state index contributed by atoms with van der Waals surface area (Å²) in [5, 5.41) is 0. The van der Waals surface area contributed by atoms with Crippen LogP contribution in [0.4, 0.5) is 8.78 Å². The first-order valence-corrected chi connectivity index (χ1v) is 6.42. The average Bonchev–Trinajstić information content (AvgIpc) is 3.05. The lowest BCUT2D eigenvalue weighted by Crippen LogP contribution is -2.18. The predicted octanol–water partition coefficient (Wildman–Crippen LogP) is 3.03. The molecule has 1 unspecified atom stereocenters. The normalized spacial score (nSPS) is 16.7. The number of benzene rings is 1. The summed E-state index contributed by atoms with van der Waals surface area (Å²) in [6.07, 6.45) is 3.75. The Morgan fingerprint density at radius 1 is 1.33 bits per heavy atom. The van der Waals surface area contributed by atoms with Gasteiger partial charge >= 0.3 is 0 Å². The van der Waals surface area contributed by atoms with Crippen molar-refractivity contribution in [3.8, 4) is 5.75 Å². The zero-order valence-corrected chi connectivity index (χ0v) is 10.6. The van der Waals surface area contributed by atoms with E-state index in [0.29, 0.717) is 24.5 Å². The second kappa shape index (κ2) is 5.65. The predicted molar refractivity (Wildman–Crippen MR) is 66.5 cm³/mol. The van der Waals surface area contributed by atoms with Crippen LogP contribution in [0.2, 0.25) is 0 Å². The van der Waals surface area contributed by atoms with Crippen LogP contribution in [0.15, 0.2) is 12.1 Å². The van der Waals surface area contributed by atoms with Crippen molar-refractivity contribution in [2.45, 2.75) is 38.6 Å². The van der Waals surface area contributed by atoms with Gasteiger partial charge in [-0.05, 0) is 43.4 Å². The highest BCUT2D eigenvalue weighted by Gasteiger charge is 2.21. The van der Waals surface area contributed by atoms with Gasteiger partial charge in [0.25, 0.3) is 0 Å². The van der Waals surface area contributed by atoms with Gasteiger partial charge in [-0.1, -0.05) is 12.8 Å². The summed E-state index contributed by atoms with van der Waals surface area (Å²) in [6.45, 7) is 2.18. The van der Waals surface area contributed by atoms with Crippen molar-refractivity contribution in [2.24, 2.45) is 11.7 Å². The quantitative estimate of drug-likeness (QED) is 0.848. The van der Waals surface area contributed by atoms with Gasteiger partial charge in [0, 0.05) is 6.04 Å². The summed E-state index contributed by atoms with van der Waals surface area (Å²) in [4.78, 5) is 0. The lowest BCUT2D eigenvalue weighted by atomic mass is 10.1. The van der Waals surface area contributed by atoms with Gasteiger partial charge in [-0.2, -0.15) is 0 Å². The third kappa shape index (κ3) is 3.67. The molecule has 1 fully saturated rings. The second-order valence-corrected chi connectivity index (χ2v) is 5.15. The Balaban J connectivity index is 2.00. The third-order valence-corrected chi connectivity index (χ3v) is 3.09. The molecule has 100 valence electrons. The number of hydrogen-bond donors (Lipinski definition) is 1. The summed E-state index contributed by atoms with van der Waals surface area (Å²) >= 11 is 0. The minimum Gasteiger partial charge on any atom is -0.488 e. The molecule has 18 heavy (non-hydrogen) atoms. The Labute approximate surface area is 106 Å². The maximum absolute atomic E-state index is 13.7. The maximum atomic E-state index is 13.7. The molecular weight excluding hydrogens is 236 g/mol. The molecule has 0 heterocycles. The van der Waals surface area contributed by atoms with Crippen LogP contribution in [0.3, 0.4) is 0 Å². The minimum absolute atomic E-state index is 0.120. The number of halogens is 2. The fraction of sp³-hybridized carbons (Fsp3) is 0.571. The molecule has 0 spiro atoms. The van der Waals surface area contributed by atoms with Crippen LogP contribution in [0.5, 0.6) is 5.75 Å². The fourth-order valence-electron chi connectivity index (χ4n) is 1.97. The van der Waals surface area contributed by atoms with Gasteiger partial charge in [-0.15, -0.1) is 0 Å². The van der Waals surface area contributed by atoms with Crippen LogP contribution in [-0.4, -0.2) is 12.6 Å². The maximum Gasteiger partial charge on any atom is 0.190 e. The smallest absolute Gasteiger partial charge is 0.190 e. The van der Waals surface area contributed by atoms with Crippen molar-refractivity contribution in [1.82, 2.24) is 0 Å². The largest absolute Gasteiger partial charge is 0.488 e. The van der Waals surface area contributed by atoms with Crippen molar-refractivity contribution >= 4 is 0 Å². The SMILES string of the molecule is CC(N)Cc1cc(F)c(OCCC2CC2)c(F)c1. The Hall–Kier alpha value is -1.16. The van der Waals surface area contributed by atoms with Crippen LogP contribution in [0, 0.1) is 17.6 Å². The van der Waals surface area contributed by atoms with E-state index in [9.17, 15) is 8.78 Å². The molecule has 0 aliphatic heterocycles. The molecule has 0 aromatic heterocycles. The van der Waals surface area contributed by atoms with E-state index < -0.39 is 11.6 Å². The van der Waals surface area contributed by atoms with Crippen LogP contribution in [0.25, 0.3) is 0 Å². The molecule has 0 amide bonds. The van der Waals surface area contributed by atoms with Crippen molar-refractivity contribution in [3.05, 3.63) is 29.3 Å². The highest BCUT2D eigenvalue weighted by molar-refractivity contribution is 5.31. The molecule has 1 aromatic rings. The van der Waals surface area contributed by atoms with E-state index in [2.05, 4.69) is 0 Å². The molecule has 1 atom stereocenters. The van der Waals surface area contributed by atoms with E-state index >= 15 is 0 Å². The summed E-state index contributed by atoms with van der Waals surface area (Å²) in [6, 6.07) is 2.49. The third-order valence-electron chi connectivity index (χ3n) is 3.09. The van der Waals surface area contributed by atoms with Gasteiger partial charge in [0.15, 0.2) is 17.4 Å². The Morgan fingerprint density at radius 2 is 1.94 bits per heavy atom. The van der Waals surface area contributed by atoms with Crippen molar-refractivity contribution in [2.75, 3.05) is 6.61 Å². The molecule has 0 saturated heterocycles. The van der Waals surface area contributed by atoms with Crippen LogP contribution >= 0.6 is 0 Å². The Bertz CT molecular complexity index is 393. The molecular formula is C14H19F2NO. The molecule has 4 heteroatoms. The lowest BCUT2D eigenvalue weighted by molar-refractivity contribution is 0.273. The number of hydrogen-bond acceptors (Lipinski definition) is 2. The van der Waals surface area contributed by atoms with E-state index in [0.717, 1.165) is 6.42 Å². The Kier molecular flexibility index (Phi) is 4.17. The number of rotatable bonds is 6. The van der Waals surface area contributed by atoms with E-state index in [1.807, 2.05) is 0 Å². The highest BCUT2D eigenvalue weighted by Crippen LogP contribution is 2.33. The highest BCUT2D eigenvalue weighted by atomic mass is 19.1. The fourth-order valence-corrected chi connectivity index (χ4v) is 1.97. The van der Waals surface area contributed by atoms with E-state index in [1.165, 1.54) is 25.0 Å². The van der Waals surface area contributed by atoms with Crippen molar-refractivity contribution in [3.63, 3.8) is 0 Å². The monoisotopic (exact) mass is 255 g/mol. The van der Waals surface area contributed by atoms with E-state index in [1.54, 1.807) is 6.92 Å². The van der Waals surface area contributed by atoms with Crippen LogP contribution in [0.1, 0.15) is 31.7 Å². The second-order valence-electron chi connectivity index (χ2n) is 5.15. The number of ether oxygens (including phenoxy) is 1. The molecule has 1 aliphatic carbocycles. The lowest BCUT2D eigenvalue weighted by Gasteiger charge is -2.11. The topological polar surface area (TPSA) is 35.2 Å². The first kappa shape index (κ1) is 13.3. The zero-order valence-electron chi connectivity index (χ0n) is 10.6. The van der Waals surface area contributed by atoms with Crippen molar-refractivity contribution < 1.29 is 13.5 Å². The Morgan fingerprint density at radius 3 is 2.44 bits per heavy atom. The molecule has 1 saturated carbocycles. The van der Waals surface area contributed by atoms with E-state index in [-0.39, 0.29) is 11.8 Å². The van der Waals surface area contributed by atoms with Gasteiger partial charge in [-0.3, -0.25) is 0 Å². The summed E-state index contributed by atoms with van der Waals surface area (Å²) in [5.74, 6) is -0.847. The molecule has 2 nitrogen and oxygen atoms in total. The molecule has 2 N–H and O–H groups in total. The summed E-state index contributed by atoms with van der Waals surface area (Å²) in [5.41, 5.74) is 6.17. The summed E-state index contributed by atoms with van der Waals surface area (Å²) in [7, 11) is 0. The zero-order chi connectivity index (χ0) is 13.1. The van der Waals surface area contributed by atoms with Gasteiger partial charge in [0.05, 0.1) is 6.61 Å². The van der Waals surface area contributed by atoms with Crippen LogP contribution in [-0.2, 0) is 6.42 Å². The van der Waals surface area contributed by atoms with Gasteiger partial charge in [0.1, 0.15) is 0 Å². The molecule has 2 rings (SSSR count). The average molecular weight is 255 g/mol. The van der Waals surface area contributed by atoms with Gasteiger partial charge < -0.3 is 10.5 Å². The first-order chi connectivity index (χ1) is 8.56. The summed E-state index contributed by atoms with van der Waals surface area (Å²) < 4.78 is 32.6. The van der Waals surface area contributed by atoms with Gasteiger partial charge in [-0.25, -0.2) is 8.78 Å². The standard InChI is InChI=1S/C14H19F2NO/c1-9(17)6-11-7-12(15)14(13(16)8-11)18-5-4-10-2-3-10/h7-10H,2-6,17H2,1H3. The molecule has 1 aliphatic rings. The van der Waals surface area contributed by atoms with Crippen LogP contribution < -0.4 is 10.5 Å². The van der Waals surface area contributed by atoms with Crippen molar-refractivity contribution in [1.29, 1.82) is 0 Å². The molecule has 0 bridgehead atoms.